The van der Waals surface area contributed by atoms with Crippen molar-refractivity contribution >= 4 is 40.8 Å². The second-order valence-electron chi connectivity index (χ2n) is 6.81. The maximum absolute atomic E-state index is 13.7. The highest BCUT2D eigenvalue weighted by Gasteiger charge is 2.66. The predicted molar refractivity (Wildman–Crippen MR) is 115 cm³/mol. The van der Waals surface area contributed by atoms with Gasteiger partial charge in [0.2, 0.25) is 5.41 Å². The lowest BCUT2D eigenvalue weighted by atomic mass is 9.66. The van der Waals surface area contributed by atoms with Crippen molar-refractivity contribution in [2.24, 2.45) is 11.3 Å². The monoisotopic (exact) mass is 448 g/mol. The van der Waals surface area contributed by atoms with Crippen molar-refractivity contribution in [3.8, 4) is 0 Å². The van der Waals surface area contributed by atoms with Gasteiger partial charge in [-0.3, -0.25) is 14.4 Å². The molecule has 0 spiro atoms. The Morgan fingerprint density at radius 2 is 1.67 bits per heavy atom. The van der Waals surface area contributed by atoms with E-state index in [0.29, 0.717) is 4.88 Å². The molecule has 1 aromatic carbocycles. The maximum atomic E-state index is 13.7. The molecule has 0 aliphatic carbocycles. The van der Waals surface area contributed by atoms with Crippen LogP contribution in [0.2, 0.25) is 0 Å². The molecule has 0 amide bonds. The first-order chi connectivity index (χ1) is 14.5. The van der Waals surface area contributed by atoms with Crippen LogP contribution in [0.4, 0.5) is 0 Å². The minimum absolute atomic E-state index is 0.00969. The lowest BCUT2D eigenvalue weighted by molar-refractivity contribution is -0.185. The van der Waals surface area contributed by atoms with Crippen LogP contribution in [0.1, 0.15) is 34.3 Å². The molecule has 3 rings (SSSR count). The van der Waals surface area contributed by atoms with Gasteiger partial charge in [-0.25, -0.2) is 0 Å². The average Bonchev–Trinajstić information content (AvgIpc) is 3.29. The zero-order valence-corrected chi connectivity index (χ0v) is 18.4. The molecule has 1 N–H and O–H groups in total. The molecule has 1 unspecified atom stereocenters. The number of thioether (sulfide) groups is 1. The Morgan fingerprint density at radius 3 is 2.20 bits per heavy atom. The van der Waals surface area contributed by atoms with E-state index in [1.54, 1.807) is 31.4 Å². The smallest absolute Gasteiger partial charge is 0.327 e. The number of Topliss-reactive ketones (excluding diaryl/α,β-unsaturated/α-hetero) is 1. The first-order valence-electron chi connectivity index (χ1n) is 9.75. The van der Waals surface area contributed by atoms with E-state index in [4.69, 9.17) is 9.47 Å². The summed E-state index contributed by atoms with van der Waals surface area (Å²) in [5.41, 5.74) is -1.35. The van der Waals surface area contributed by atoms with Crippen LogP contribution in [-0.4, -0.2) is 47.9 Å². The summed E-state index contributed by atoms with van der Waals surface area (Å²) in [5, 5.41) is 12.3. The second-order valence-corrected chi connectivity index (χ2v) is 8.93. The van der Waals surface area contributed by atoms with E-state index in [9.17, 15) is 19.5 Å². The van der Waals surface area contributed by atoms with Crippen LogP contribution < -0.4 is 0 Å². The zero-order valence-electron chi connectivity index (χ0n) is 16.8. The average molecular weight is 449 g/mol. The molecular formula is C22H24O6S2. The van der Waals surface area contributed by atoms with Crippen LogP contribution >= 0.6 is 23.1 Å². The lowest BCUT2D eigenvalue weighted by Crippen LogP contribution is -2.61. The minimum Gasteiger partial charge on any atom is -0.465 e. The molecule has 1 aliphatic heterocycles. The molecule has 30 heavy (non-hydrogen) atoms. The fourth-order valence-corrected chi connectivity index (χ4v) is 6.06. The first kappa shape index (κ1) is 22.5. The lowest BCUT2D eigenvalue weighted by Gasteiger charge is -2.45. The van der Waals surface area contributed by atoms with E-state index >= 15 is 0 Å². The summed E-state index contributed by atoms with van der Waals surface area (Å²) in [6.07, 6.45) is -1.42. The quantitative estimate of drug-likeness (QED) is 0.394. The fraction of sp³-hybridized carbons (Fsp3) is 0.409. The number of carbonyl (C=O) groups is 3. The van der Waals surface area contributed by atoms with Gasteiger partial charge in [-0.2, -0.15) is 11.8 Å². The molecule has 6 nitrogen and oxygen atoms in total. The first-order valence-corrected chi connectivity index (χ1v) is 11.7. The van der Waals surface area contributed by atoms with Gasteiger partial charge in [0.15, 0.2) is 5.78 Å². The number of ketones is 1. The van der Waals surface area contributed by atoms with Gasteiger partial charge in [-0.15, -0.1) is 11.3 Å². The van der Waals surface area contributed by atoms with Crippen LogP contribution in [0.25, 0.3) is 0 Å². The van der Waals surface area contributed by atoms with E-state index in [2.05, 4.69) is 0 Å². The van der Waals surface area contributed by atoms with Gasteiger partial charge in [-0.1, -0.05) is 36.4 Å². The summed E-state index contributed by atoms with van der Waals surface area (Å²) in [6.45, 7) is 3.25. The molecule has 1 aromatic heterocycles. The van der Waals surface area contributed by atoms with Gasteiger partial charge in [0, 0.05) is 11.0 Å². The molecule has 3 atom stereocenters. The minimum atomic E-state index is -2.14. The van der Waals surface area contributed by atoms with E-state index in [0.717, 1.165) is 5.56 Å². The van der Waals surface area contributed by atoms with E-state index < -0.39 is 34.6 Å². The van der Waals surface area contributed by atoms with Gasteiger partial charge < -0.3 is 14.6 Å². The molecule has 1 fully saturated rings. The second kappa shape index (κ2) is 9.76. The number of aliphatic hydroxyl groups is 1. The van der Waals surface area contributed by atoms with E-state index in [1.165, 1.54) is 23.1 Å². The number of esters is 2. The maximum Gasteiger partial charge on any atom is 0.327 e. The van der Waals surface area contributed by atoms with Gasteiger partial charge in [0.25, 0.3) is 0 Å². The molecular weight excluding hydrogens is 424 g/mol. The molecule has 8 heteroatoms. The topological polar surface area (TPSA) is 89.9 Å². The SMILES string of the molecule is CCOC(=O)C1(C(=O)OCC)C(O)CS[C@@H](c2ccccc2)[C@H]1C(=O)c1cccs1. The van der Waals surface area contributed by atoms with Crippen LogP contribution in [0.5, 0.6) is 0 Å². The van der Waals surface area contributed by atoms with E-state index in [1.807, 2.05) is 30.3 Å². The molecule has 2 aromatic rings. The number of hydrogen-bond acceptors (Lipinski definition) is 8. The summed E-state index contributed by atoms with van der Waals surface area (Å²) < 4.78 is 10.5. The van der Waals surface area contributed by atoms with Crippen molar-refractivity contribution in [3.05, 3.63) is 58.3 Å². The van der Waals surface area contributed by atoms with Crippen LogP contribution in [0.15, 0.2) is 47.8 Å². The molecule has 160 valence electrons. The summed E-state index contributed by atoms with van der Waals surface area (Å²) in [4.78, 5) is 40.6. The van der Waals surface area contributed by atoms with Gasteiger partial charge in [0.1, 0.15) is 0 Å². The Morgan fingerprint density at radius 1 is 1.03 bits per heavy atom. The van der Waals surface area contributed by atoms with Gasteiger partial charge >= 0.3 is 11.9 Å². The number of ether oxygens (including phenoxy) is 2. The molecule has 0 radical (unpaired) electrons. The van der Waals surface area contributed by atoms with Gasteiger partial charge in [-0.05, 0) is 30.9 Å². The Kier molecular flexibility index (Phi) is 7.33. The number of rotatable bonds is 7. The third kappa shape index (κ3) is 3.91. The summed E-state index contributed by atoms with van der Waals surface area (Å²) in [6, 6.07) is 12.6. The normalized spacial score (nSPS) is 22.8. The third-order valence-corrected chi connectivity index (χ3v) is 7.45. The van der Waals surface area contributed by atoms with Crippen molar-refractivity contribution in [2.75, 3.05) is 19.0 Å². The van der Waals surface area contributed by atoms with E-state index in [-0.39, 0.29) is 24.7 Å². The van der Waals surface area contributed by atoms with Crippen molar-refractivity contribution < 1.29 is 29.0 Å². The highest BCUT2D eigenvalue weighted by Crippen LogP contribution is 2.54. The molecule has 0 saturated carbocycles. The zero-order chi connectivity index (χ0) is 21.7. The molecule has 2 heterocycles. The number of aliphatic hydroxyl groups excluding tert-OH is 1. The Balaban J connectivity index is 2.24. The molecule has 1 saturated heterocycles. The van der Waals surface area contributed by atoms with Crippen molar-refractivity contribution in [2.45, 2.75) is 25.2 Å². The Labute approximate surface area is 183 Å². The summed E-state index contributed by atoms with van der Waals surface area (Å²) in [7, 11) is 0. The molecule has 0 bridgehead atoms. The number of benzene rings is 1. The van der Waals surface area contributed by atoms with Crippen molar-refractivity contribution in [1.82, 2.24) is 0 Å². The summed E-state index contributed by atoms with van der Waals surface area (Å²) in [5.74, 6) is -3.32. The fourth-order valence-electron chi connectivity index (χ4n) is 3.83. The van der Waals surface area contributed by atoms with Crippen molar-refractivity contribution in [3.63, 3.8) is 0 Å². The summed E-state index contributed by atoms with van der Waals surface area (Å²) >= 11 is 2.58. The van der Waals surface area contributed by atoms with Crippen molar-refractivity contribution in [1.29, 1.82) is 0 Å². The number of thiophene rings is 1. The van der Waals surface area contributed by atoms with Gasteiger partial charge in [0.05, 0.1) is 30.1 Å². The molecule has 1 aliphatic rings. The Bertz CT molecular complexity index is 862. The van der Waals surface area contributed by atoms with Crippen LogP contribution in [0, 0.1) is 11.3 Å². The third-order valence-electron chi connectivity index (χ3n) is 5.15. The predicted octanol–water partition coefficient (Wildman–Crippen LogP) is 3.51. The standard InChI is InChI=1S/C22H24O6S2/c1-3-27-20(25)22(21(26)28-4-2)16(23)13-30-19(14-9-6-5-7-10-14)17(22)18(24)15-11-8-12-29-15/h5-12,16-17,19,23H,3-4,13H2,1-2H3/t16?,17-,19+/m1/s1. The highest BCUT2D eigenvalue weighted by molar-refractivity contribution is 7.99. The Hall–Kier alpha value is -2.16. The number of hydrogen-bond donors (Lipinski definition) is 1. The highest BCUT2D eigenvalue weighted by atomic mass is 32.2. The largest absolute Gasteiger partial charge is 0.465 e. The number of carbonyl (C=O) groups excluding carboxylic acids is 3. The van der Waals surface area contributed by atoms with Crippen LogP contribution in [0.3, 0.4) is 0 Å². The van der Waals surface area contributed by atoms with Crippen LogP contribution in [-0.2, 0) is 19.1 Å².